The number of unbranched alkanes of at least 4 members (excludes halogenated alkanes) is 24. The van der Waals surface area contributed by atoms with E-state index in [1.165, 1.54) is 167 Å². The Balaban J connectivity index is 4.01. The highest BCUT2D eigenvalue weighted by Crippen LogP contribution is 2.12. The summed E-state index contributed by atoms with van der Waals surface area (Å²) in [5.41, 5.74) is 0. The average Bonchev–Trinajstić information content (AvgIpc) is 3.15. The van der Waals surface area contributed by atoms with E-state index in [0.717, 1.165) is 52.2 Å². The third-order valence-corrected chi connectivity index (χ3v) is 10.3. The van der Waals surface area contributed by atoms with Gasteiger partial charge in [-0.3, -0.25) is 0 Å². The minimum absolute atomic E-state index is 0.170. The van der Waals surface area contributed by atoms with Gasteiger partial charge in [0.05, 0.1) is 13.2 Å². The molecule has 0 bridgehead atoms. The Morgan fingerprint density at radius 1 is 0.500 bits per heavy atom. The summed E-state index contributed by atoms with van der Waals surface area (Å²) in [6.07, 6.45) is 46.4. The van der Waals surface area contributed by atoms with Gasteiger partial charge in [-0.1, -0.05) is 168 Å². The van der Waals surface area contributed by atoms with Gasteiger partial charge in [0, 0.05) is 26.3 Å². The number of ether oxygens (including phenoxy) is 3. The normalized spacial score (nSPS) is 12.5. The first-order valence-corrected chi connectivity index (χ1v) is 23.2. The van der Waals surface area contributed by atoms with Crippen LogP contribution in [0.25, 0.3) is 0 Å². The first kappa shape index (κ1) is 51.0. The summed E-state index contributed by atoms with van der Waals surface area (Å²) in [4.78, 5) is 2.38. The molecular formula is C46H90N2O3S. The number of thiocarbonyl (C=S) groups is 1. The molecule has 6 heteroatoms. The van der Waals surface area contributed by atoms with Gasteiger partial charge in [-0.25, -0.2) is 0 Å². The minimum Gasteiger partial charge on any atom is -0.463 e. The maximum absolute atomic E-state index is 6.11. The molecule has 0 rings (SSSR count). The largest absolute Gasteiger partial charge is 0.463 e. The molecule has 0 aromatic heterocycles. The molecule has 0 radical (unpaired) electrons. The van der Waals surface area contributed by atoms with Gasteiger partial charge in [-0.15, -0.1) is 0 Å². The van der Waals surface area contributed by atoms with Crippen molar-refractivity contribution in [1.82, 2.24) is 10.2 Å². The molecule has 0 heterocycles. The molecule has 0 aromatic rings. The molecule has 0 saturated carbocycles. The molecule has 1 N–H and O–H groups in total. The lowest BCUT2D eigenvalue weighted by molar-refractivity contribution is -0.0138. The molecule has 5 nitrogen and oxygen atoms in total. The first-order chi connectivity index (χ1) is 25.7. The van der Waals surface area contributed by atoms with Crippen LogP contribution in [0.5, 0.6) is 0 Å². The maximum Gasteiger partial charge on any atom is 0.257 e. The summed E-state index contributed by atoms with van der Waals surface area (Å²) in [6.45, 7) is 15.4. The van der Waals surface area contributed by atoms with Crippen molar-refractivity contribution in [3.63, 3.8) is 0 Å². The van der Waals surface area contributed by atoms with Crippen molar-refractivity contribution in [2.75, 3.05) is 52.6 Å². The topological polar surface area (TPSA) is 43.0 Å². The lowest BCUT2D eigenvalue weighted by Crippen LogP contribution is -2.38. The van der Waals surface area contributed by atoms with Crippen LogP contribution in [0.2, 0.25) is 0 Å². The SMILES string of the molecule is CCCCCCCCC=CCCCCCCCCOCC(COCCCCCCCCC=CCCCCCCCC)OC(=S)NCCN(CC)CC. The maximum atomic E-state index is 6.11. The third-order valence-electron chi connectivity index (χ3n) is 10.1. The Morgan fingerprint density at radius 2 is 0.846 bits per heavy atom. The second kappa shape index (κ2) is 44.4. The lowest BCUT2D eigenvalue weighted by atomic mass is 10.1. The molecule has 0 spiro atoms. The summed E-state index contributed by atoms with van der Waals surface area (Å²) >= 11 is 5.53. The second-order valence-electron chi connectivity index (χ2n) is 15.0. The van der Waals surface area contributed by atoms with Gasteiger partial charge in [0.2, 0.25) is 0 Å². The molecule has 0 aliphatic carbocycles. The predicted octanol–water partition coefficient (Wildman–Crippen LogP) is 13.7. The molecule has 0 aliphatic rings. The van der Waals surface area contributed by atoms with Crippen molar-refractivity contribution in [2.24, 2.45) is 0 Å². The van der Waals surface area contributed by atoms with Crippen molar-refractivity contribution < 1.29 is 14.2 Å². The van der Waals surface area contributed by atoms with Crippen LogP contribution in [0.15, 0.2) is 24.3 Å². The number of likely N-dealkylation sites (N-methyl/N-ethyl adjacent to an activating group) is 1. The molecule has 0 fully saturated rings. The van der Waals surface area contributed by atoms with Crippen molar-refractivity contribution in [3.8, 4) is 0 Å². The summed E-state index contributed by atoms with van der Waals surface area (Å²) in [6, 6.07) is 0. The van der Waals surface area contributed by atoms with Crippen LogP contribution >= 0.6 is 12.2 Å². The predicted molar refractivity (Wildman–Crippen MR) is 234 cm³/mol. The number of nitrogens with one attached hydrogen (secondary N) is 1. The molecule has 308 valence electrons. The Morgan fingerprint density at radius 3 is 1.21 bits per heavy atom. The van der Waals surface area contributed by atoms with E-state index in [-0.39, 0.29) is 6.10 Å². The smallest absolute Gasteiger partial charge is 0.257 e. The number of hydrogen-bond acceptors (Lipinski definition) is 5. The number of allylic oxidation sites excluding steroid dienone is 4. The van der Waals surface area contributed by atoms with Crippen LogP contribution in [0, 0.1) is 0 Å². The van der Waals surface area contributed by atoms with Crippen molar-refractivity contribution in [2.45, 2.75) is 214 Å². The fourth-order valence-corrected chi connectivity index (χ4v) is 6.74. The van der Waals surface area contributed by atoms with Crippen LogP contribution in [0.1, 0.15) is 207 Å². The standard InChI is InChI=1S/C46H90N2O3S/c1-5-9-11-13-15-17-19-21-23-25-27-29-31-33-35-37-41-49-43-45(51-46(52)47-39-40-48(7-3)8-4)44-50-42-38-36-34-32-30-28-26-24-22-20-18-16-14-12-10-6-2/h21-24,45H,5-20,25-44H2,1-4H3,(H,47,52). The van der Waals surface area contributed by atoms with Crippen molar-refractivity contribution >= 4 is 17.4 Å². The quantitative estimate of drug-likeness (QED) is 0.0381. The zero-order valence-electron chi connectivity index (χ0n) is 35.4. The van der Waals surface area contributed by atoms with Crippen LogP contribution in [-0.2, 0) is 14.2 Å². The van der Waals surface area contributed by atoms with E-state index in [1.807, 2.05) is 0 Å². The van der Waals surface area contributed by atoms with Crippen molar-refractivity contribution in [1.29, 1.82) is 0 Å². The van der Waals surface area contributed by atoms with E-state index >= 15 is 0 Å². The lowest BCUT2D eigenvalue weighted by Gasteiger charge is -2.22. The van der Waals surface area contributed by atoms with Gasteiger partial charge in [0.1, 0.15) is 6.10 Å². The molecule has 0 atom stereocenters. The van der Waals surface area contributed by atoms with E-state index in [2.05, 4.69) is 62.2 Å². The second-order valence-corrected chi connectivity index (χ2v) is 15.4. The summed E-state index contributed by atoms with van der Waals surface area (Å²) in [5.74, 6) is 0. The van der Waals surface area contributed by atoms with Crippen LogP contribution < -0.4 is 5.32 Å². The van der Waals surface area contributed by atoms with Gasteiger partial charge in [-0.05, 0) is 89.5 Å². The summed E-state index contributed by atoms with van der Waals surface area (Å²) < 4.78 is 18.2. The third kappa shape index (κ3) is 40.2. The molecular weight excluding hydrogens is 661 g/mol. The van der Waals surface area contributed by atoms with Gasteiger partial charge >= 0.3 is 0 Å². The number of hydrogen-bond donors (Lipinski definition) is 1. The minimum atomic E-state index is -0.170. The molecule has 0 aromatic carbocycles. The van der Waals surface area contributed by atoms with Crippen LogP contribution in [0.3, 0.4) is 0 Å². The zero-order chi connectivity index (χ0) is 37.8. The van der Waals surface area contributed by atoms with Crippen molar-refractivity contribution in [3.05, 3.63) is 24.3 Å². The molecule has 52 heavy (non-hydrogen) atoms. The zero-order valence-corrected chi connectivity index (χ0v) is 36.2. The van der Waals surface area contributed by atoms with Gasteiger partial charge in [0.15, 0.2) is 0 Å². The molecule has 0 aliphatic heterocycles. The van der Waals surface area contributed by atoms with E-state index in [0.29, 0.717) is 18.4 Å². The van der Waals surface area contributed by atoms with E-state index in [4.69, 9.17) is 26.4 Å². The average molecular weight is 751 g/mol. The highest BCUT2D eigenvalue weighted by Gasteiger charge is 2.13. The first-order valence-electron chi connectivity index (χ1n) is 22.8. The van der Waals surface area contributed by atoms with E-state index in [1.54, 1.807) is 0 Å². The highest BCUT2D eigenvalue weighted by atomic mass is 32.1. The fourth-order valence-electron chi connectivity index (χ4n) is 6.50. The highest BCUT2D eigenvalue weighted by molar-refractivity contribution is 7.80. The summed E-state index contributed by atoms with van der Waals surface area (Å²) in [7, 11) is 0. The van der Waals surface area contributed by atoms with Gasteiger partial charge < -0.3 is 24.4 Å². The molecule has 0 saturated heterocycles. The van der Waals surface area contributed by atoms with Gasteiger partial charge in [0.25, 0.3) is 5.17 Å². The number of rotatable bonds is 42. The molecule has 0 unspecified atom stereocenters. The Labute approximate surface area is 331 Å². The Bertz CT molecular complexity index is 712. The van der Waals surface area contributed by atoms with E-state index in [9.17, 15) is 0 Å². The van der Waals surface area contributed by atoms with E-state index < -0.39 is 0 Å². The number of nitrogens with zero attached hydrogens (tertiary/aromatic N) is 1. The Hall–Kier alpha value is -0.950. The summed E-state index contributed by atoms with van der Waals surface area (Å²) in [5, 5.41) is 3.74. The Kier molecular flexibility index (Phi) is 43.6. The van der Waals surface area contributed by atoms with Gasteiger partial charge in [-0.2, -0.15) is 0 Å². The van der Waals surface area contributed by atoms with Crippen LogP contribution in [0.4, 0.5) is 0 Å². The fraction of sp³-hybridized carbons (Fsp3) is 0.891. The van der Waals surface area contributed by atoms with Crippen LogP contribution in [-0.4, -0.2) is 68.8 Å². The monoisotopic (exact) mass is 751 g/mol. The molecule has 0 amide bonds.